The van der Waals surface area contributed by atoms with Crippen LogP contribution in [0, 0.1) is 11.8 Å². The second-order valence-corrected chi connectivity index (χ2v) is 6.44. The van der Waals surface area contributed by atoms with Crippen molar-refractivity contribution in [1.29, 1.82) is 0 Å². The summed E-state index contributed by atoms with van der Waals surface area (Å²) in [6.07, 6.45) is 8.90. The minimum Gasteiger partial charge on any atom is -0.289 e. The van der Waals surface area contributed by atoms with E-state index in [-0.39, 0.29) is 0 Å². The van der Waals surface area contributed by atoms with Gasteiger partial charge in [-0.25, -0.2) is 0 Å². The molecule has 0 heterocycles. The van der Waals surface area contributed by atoms with Crippen molar-refractivity contribution in [2.45, 2.75) is 70.9 Å². The van der Waals surface area contributed by atoms with Crippen LogP contribution in [0.2, 0.25) is 0 Å². The fourth-order valence-corrected chi connectivity index (χ4v) is 2.76. The van der Waals surface area contributed by atoms with Crippen LogP contribution in [0.25, 0.3) is 0 Å². The molecule has 0 aliphatic rings. The van der Waals surface area contributed by atoms with Crippen LogP contribution in [0.15, 0.2) is 12.2 Å². The molecule has 0 spiro atoms. The number of carbonyl (C=O) groups excluding carboxylic acids is 1. The van der Waals surface area contributed by atoms with Crippen molar-refractivity contribution in [2.75, 3.05) is 11.5 Å². The van der Waals surface area contributed by atoms with Gasteiger partial charge in [0.05, 0.1) is 5.75 Å². The lowest BCUT2D eigenvalue weighted by Gasteiger charge is -2.04. The van der Waals surface area contributed by atoms with Crippen molar-refractivity contribution in [3.8, 4) is 11.8 Å². The Morgan fingerprint density at radius 3 is 2.26 bits per heavy atom. The zero-order valence-corrected chi connectivity index (χ0v) is 14.7. The summed E-state index contributed by atoms with van der Waals surface area (Å²) in [4.78, 5) is 10.6. The number of ketones is 1. The number of unbranched alkanes of at least 4 members (excludes halogenated alkanes) is 7. The van der Waals surface area contributed by atoms with E-state index in [1.54, 1.807) is 0 Å². The number of rotatable bonds is 12. The molecule has 0 aromatic heterocycles. The van der Waals surface area contributed by atoms with Crippen molar-refractivity contribution < 1.29 is 18.0 Å². The molecule has 0 aliphatic heterocycles. The van der Waals surface area contributed by atoms with Crippen LogP contribution in [-0.4, -0.2) is 23.5 Å². The zero-order chi connectivity index (χ0) is 17.4. The lowest BCUT2D eigenvalue weighted by molar-refractivity contribution is -0.167. The van der Waals surface area contributed by atoms with Crippen molar-refractivity contribution in [3.63, 3.8) is 0 Å². The fraction of sp³-hybridized carbons (Fsp3) is 0.722. The minimum atomic E-state index is -4.68. The fourth-order valence-electron chi connectivity index (χ4n) is 1.86. The Morgan fingerprint density at radius 2 is 1.65 bits per heavy atom. The Morgan fingerprint density at radius 1 is 1.04 bits per heavy atom. The average Bonchev–Trinajstić information content (AvgIpc) is 2.50. The highest BCUT2D eigenvalue weighted by atomic mass is 32.2. The van der Waals surface area contributed by atoms with Gasteiger partial charge >= 0.3 is 6.18 Å². The standard InChI is InChI=1S/C18H27F3OS/c1-2-3-4-5-6-7-8-9-10-11-12-13-14-15-23-16-17(22)18(19,20)21/h3-4H,2,7-16H2,1H3/b4-3-. The topological polar surface area (TPSA) is 17.1 Å². The first-order chi connectivity index (χ1) is 11.0. The number of allylic oxidation sites excluding steroid dienone is 2. The Labute approximate surface area is 142 Å². The van der Waals surface area contributed by atoms with Crippen molar-refractivity contribution >= 4 is 17.5 Å². The maximum Gasteiger partial charge on any atom is 0.450 e. The van der Waals surface area contributed by atoms with Gasteiger partial charge in [0.1, 0.15) is 0 Å². The van der Waals surface area contributed by atoms with Gasteiger partial charge in [-0.05, 0) is 31.1 Å². The molecule has 0 fully saturated rings. The van der Waals surface area contributed by atoms with E-state index in [1.165, 1.54) is 12.8 Å². The van der Waals surface area contributed by atoms with E-state index < -0.39 is 17.7 Å². The quantitative estimate of drug-likeness (QED) is 0.321. The van der Waals surface area contributed by atoms with E-state index in [0.717, 1.165) is 56.7 Å². The first-order valence-corrected chi connectivity index (χ1v) is 9.45. The van der Waals surface area contributed by atoms with E-state index in [9.17, 15) is 18.0 Å². The minimum absolute atomic E-state index is 0.446. The van der Waals surface area contributed by atoms with Crippen molar-refractivity contribution in [1.82, 2.24) is 0 Å². The summed E-state index contributed by atoms with van der Waals surface area (Å²) in [5, 5.41) is 0. The van der Waals surface area contributed by atoms with Gasteiger partial charge in [-0.2, -0.15) is 24.9 Å². The second-order valence-electron chi connectivity index (χ2n) is 5.33. The zero-order valence-electron chi connectivity index (χ0n) is 13.9. The third-order valence-corrected chi connectivity index (χ3v) is 4.22. The number of thioether (sulfide) groups is 1. The lowest BCUT2D eigenvalue weighted by Crippen LogP contribution is -2.24. The largest absolute Gasteiger partial charge is 0.450 e. The molecule has 0 N–H and O–H groups in total. The molecule has 0 atom stereocenters. The summed E-state index contributed by atoms with van der Waals surface area (Å²) in [5.41, 5.74) is 0. The van der Waals surface area contributed by atoms with Gasteiger partial charge in [0.15, 0.2) is 0 Å². The molecule has 0 saturated carbocycles. The molecule has 0 aromatic rings. The molecule has 0 radical (unpaired) electrons. The highest BCUT2D eigenvalue weighted by molar-refractivity contribution is 7.99. The Bertz CT molecular complexity index is 391. The summed E-state index contributed by atoms with van der Waals surface area (Å²) in [6.45, 7) is 2.08. The highest BCUT2D eigenvalue weighted by Gasteiger charge is 2.37. The van der Waals surface area contributed by atoms with E-state index in [4.69, 9.17) is 0 Å². The van der Waals surface area contributed by atoms with Crippen LogP contribution < -0.4 is 0 Å². The summed E-state index contributed by atoms with van der Waals surface area (Å²) >= 11 is 1.08. The smallest absolute Gasteiger partial charge is 0.289 e. The number of alkyl halides is 3. The molecular weight excluding hydrogens is 321 g/mol. The van der Waals surface area contributed by atoms with E-state index >= 15 is 0 Å². The molecule has 0 amide bonds. The molecule has 0 bridgehead atoms. The SMILES string of the molecule is CC/C=C\C#CCCCCCCCCCSCC(=O)C(F)(F)F. The van der Waals surface area contributed by atoms with E-state index in [1.807, 2.05) is 12.2 Å². The summed E-state index contributed by atoms with van der Waals surface area (Å²) in [6, 6.07) is 0. The lowest BCUT2D eigenvalue weighted by atomic mass is 10.1. The van der Waals surface area contributed by atoms with Crippen molar-refractivity contribution in [2.24, 2.45) is 0 Å². The average molecular weight is 348 g/mol. The molecule has 5 heteroatoms. The monoisotopic (exact) mass is 348 g/mol. The van der Waals surface area contributed by atoms with Crippen LogP contribution >= 0.6 is 11.8 Å². The van der Waals surface area contributed by atoms with Crippen LogP contribution in [-0.2, 0) is 4.79 Å². The van der Waals surface area contributed by atoms with Gasteiger partial charge in [0.25, 0.3) is 0 Å². The van der Waals surface area contributed by atoms with Gasteiger partial charge in [-0.3, -0.25) is 4.79 Å². The maximum absolute atomic E-state index is 12.0. The van der Waals surface area contributed by atoms with Crippen LogP contribution in [0.4, 0.5) is 13.2 Å². The first kappa shape index (κ1) is 22.1. The first-order valence-electron chi connectivity index (χ1n) is 8.29. The Hall–Kier alpha value is -0.890. The number of hydrogen-bond donors (Lipinski definition) is 0. The van der Waals surface area contributed by atoms with Crippen molar-refractivity contribution in [3.05, 3.63) is 12.2 Å². The Kier molecular flexibility index (Phi) is 14.1. The van der Waals surface area contributed by atoms with Gasteiger partial charge in [-0.1, -0.05) is 56.9 Å². The maximum atomic E-state index is 12.0. The predicted octanol–water partition coefficient (Wildman–Crippen LogP) is 5.94. The van der Waals surface area contributed by atoms with E-state index in [0.29, 0.717) is 5.75 Å². The van der Waals surface area contributed by atoms with E-state index in [2.05, 4.69) is 18.8 Å². The number of halogens is 3. The molecule has 0 saturated heterocycles. The molecule has 23 heavy (non-hydrogen) atoms. The van der Waals surface area contributed by atoms with Crippen LogP contribution in [0.1, 0.15) is 64.7 Å². The van der Waals surface area contributed by atoms with Crippen LogP contribution in [0.3, 0.4) is 0 Å². The Balaban J connectivity index is 3.26. The summed E-state index contributed by atoms with van der Waals surface area (Å²) in [5.74, 6) is 4.68. The number of hydrogen-bond acceptors (Lipinski definition) is 2. The summed E-state index contributed by atoms with van der Waals surface area (Å²) in [7, 11) is 0. The third-order valence-electron chi connectivity index (χ3n) is 3.18. The van der Waals surface area contributed by atoms with Gasteiger partial charge in [0.2, 0.25) is 5.78 Å². The number of Topliss-reactive ketones (excluding diaryl/α,β-unsaturated/α-hetero) is 1. The van der Waals surface area contributed by atoms with Gasteiger partial charge in [-0.15, -0.1) is 0 Å². The molecule has 0 aliphatic carbocycles. The van der Waals surface area contributed by atoms with Gasteiger partial charge < -0.3 is 0 Å². The number of carbonyl (C=O) groups is 1. The highest BCUT2D eigenvalue weighted by Crippen LogP contribution is 2.19. The summed E-state index contributed by atoms with van der Waals surface area (Å²) < 4.78 is 35.9. The second kappa shape index (κ2) is 14.7. The molecular formula is C18H27F3OS. The molecule has 0 aromatic carbocycles. The van der Waals surface area contributed by atoms with Gasteiger partial charge in [0, 0.05) is 6.42 Å². The molecule has 0 unspecified atom stereocenters. The predicted molar refractivity (Wildman–Crippen MR) is 92.5 cm³/mol. The molecule has 0 rings (SSSR count). The molecule has 1 nitrogen and oxygen atoms in total. The third kappa shape index (κ3) is 15.8. The normalized spacial score (nSPS) is 11.5. The molecule has 132 valence electrons. The van der Waals surface area contributed by atoms with Crippen LogP contribution in [0.5, 0.6) is 0 Å².